The summed E-state index contributed by atoms with van der Waals surface area (Å²) in [5.41, 5.74) is 3.38. The first-order valence-corrected chi connectivity index (χ1v) is 15.5. The number of nitrogens with one attached hydrogen (secondary N) is 1. The highest BCUT2D eigenvalue weighted by Crippen LogP contribution is 2.36. The summed E-state index contributed by atoms with van der Waals surface area (Å²) >= 11 is 0. The second-order valence-corrected chi connectivity index (χ2v) is 12.0. The van der Waals surface area contributed by atoms with Gasteiger partial charge < -0.3 is 19.7 Å². The minimum absolute atomic E-state index is 0.0626. The molecule has 0 fully saturated rings. The number of aryl methyl sites for hydroxylation is 1. The van der Waals surface area contributed by atoms with E-state index in [1.807, 2.05) is 68.4 Å². The third-order valence-corrected chi connectivity index (χ3v) is 8.09. The number of anilines is 1. The maximum absolute atomic E-state index is 13.8. The Labute approximate surface area is 242 Å². The van der Waals surface area contributed by atoms with E-state index in [4.69, 9.17) is 9.47 Å². The topological polar surface area (TPSA) is 105 Å². The van der Waals surface area contributed by atoms with Crippen LogP contribution in [0, 0.1) is 6.92 Å². The zero-order valence-electron chi connectivity index (χ0n) is 23.7. The van der Waals surface area contributed by atoms with Crippen LogP contribution in [-0.4, -0.2) is 57.3 Å². The van der Waals surface area contributed by atoms with Gasteiger partial charge in [0.2, 0.25) is 28.6 Å². The number of hydrogen-bond acceptors (Lipinski definition) is 6. The molecule has 3 aromatic carbocycles. The fourth-order valence-electron chi connectivity index (χ4n) is 4.78. The average Bonchev–Trinajstić information content (AvgIpc) is 3.42. The minimum atomic E-state index is -3.64. The zero-order chi connectivity index (χ0) is 29.4. The van der Waals surface area contributed by atoms with Crippen molar-refractivity contribution in [3.05, 3.63) is 89.5 Å². The number of carbonyl (C=O) groups is 2. The molecule has 9 nitrogen and oxygen atoms in total. The maximum Gasteiger partial charge on any atom is 0.243 e. The summed E-state index contributed by atoms with van der Waals surface area (Å²) in [7, 11) is -3.64. The van der Waals surface area contributed by atoms with Gasteiger partial charge in [0.25, 0.3) is 0 Å². The van der Waals surface area contributed by atoms with Crippen LogP contribution in [0.1, 0.15) is 36.5 Å². The lowest BCUT2D eigenvalue weighted by molar-refractivity contribution is -0.141. The Morgan fingerprint density at radius 1 is 0.951 bits per heavy atom. The van der Waals surface area contributed by atoms with Crippen molar-refractivity contribution >= 4 is 27.5 Å². The van der Waals surface area contributed by atoms with Gasteiger partial charge in [0.05, 0.1) is 11.9 Å². The van der Waals surface area contributed by atoms with Crippen molar-refractivity contribution in [3.8, 4) is 11.5 Å². The molecule has 0 saturated heterocycles. The molecule has 2 amide bonds. The number of sulfonamides is 1. The highest BCUT2D eigenvalue weighted by molar-refractivity contribution is 7.92. The Hall–Kier alpha value is -4.05. The van der Waals surface area contributed by atoms with Gasteiger partial charge in [-0.1, -0.05) is 60.2 Å². The molecule has 0 bridgehead atoms. The fraction of sp³-hybridized carbons (Fsp3) is 0.355. The van der Waals surface area contributed by atoms with Crippen molar-refractivity contribution in [1.29, 1.82) is 0 Å². The van der Waals surface area contributed by atoms with E-state index in [1.165, 1.54) is 4.31 Å². The third kappa shape index (κ3) is 8.00. The highest BCUT2D eigenvalue weighted by atomic mass is 32.2. The number of likely N-dealkylation sites (N-methyl/N-ethyl adjacent to an activating group) is 1. The lowest BCUT2D eigenvalue weighted by Gasteiger charge is -2.32. The van der Waals surface area contributed by atoms with Gasteiger partial charge >= 0.3 is 0 Å². The molecule has 218 valence electrons. The Balaban J connectivity index is 1.55. The van der Waals surface area contributed by atoms with E-state index in [9.17, 15) is 18.0 Å². The van der Waals surface area contributed by atoms with Gasteiger partial charge in [-0.3, -0.25) is 13.9 Å². The van der Waals surface area contributed by atoms with E-state index in [2.05, 4.69) is 5.32 Å². The van der Waals surface area contributed by atoms with Crippen LogP contribution >= 0.6 is 0 Å². The SMILES string of the molecule is CCNC(=O)[C@@H](Cc1ccccc1)N(Cc1ccc(C)cc1)C(=O)CCCN(c1ccc2c(c1)OCO2)S(C)(=O)=O. The van der Waals surface area contributed by atoms with Crippen LogP contribution in [0.3, 0.4) is 0 Å². The van der Waals surface area contributed by atoms with E-state index in [0.29, 0.717) is 30.2 Å². The monoisotopic (exact) mass is 579 g/mol. The number of carbonyl (C=O) groups excluding carboxylic acids is 2. The molecule has 4 rings (SSSR count). The van der Waals surface area contributed by atoms with Crippen LogP contribution in [0.5, 0.6) is 11.5 Å². The van der Waals surface area contributed by atoms with Crippen molar-refractivity contribution in [2.24, 2.45) is 0 Å². The molecule has 0 spiro atoms. The summed E-state index contributed by atoms with van der Waals surface area (Å²) < 4.78 is 37.4. The largest absolute Gasteiger partial charge is 0.454 e. The number of nitrogens with zero attached hydrogens (tertiary/aromatic N) is 2. The van der Waals surface area contributed by atoms with Crippen molar-refractivity contribution in [2.75, 3.05) is 30.4 Å². The quantitative estimate of drug-likeness (QED) is 0.328. The first kappa shape index (κ1) is 29.9. The van der Waals surface area contributed by atoms with Gasteiger partial charge in [0.15, 0.2) is 11.5 Å². The molecule has 0 saturated carbocycles. The fourth-order valence-corrected chi connectivity index (χ4v) is 5.74. The number of ether oxygens (including phenoxy) is 2. The number of amides is 2. The van der Waals surface area contributed by atoms with E-state index < -0.39 is 16.1 Å². The van der Waals surface area contributed by atoms with Crippen LogP contribution in [0.15, 0.2) is 72.8 Å². The molecule has 0 aliphatic carbocycles. The van der Waals surface area contributed by atoms with Crippen LogP contribution < -0.4 is 19.1 Å². The van der Waals surface area contributed by atoms with Crippen LogP contribution in [-0.2, 0) is 32.6 Å². The first-order valence-electron chi connectivity index (χ1n) is 13.7. The molecule has 1 aliphatic rings. The van der Waals surface area contributed by atoms with Gasteiger partial charge in [0.1, 0.15) is 6.04 Å². The van der Waals surface area contributed by atoms with Gasteiger partial charge in [-0.05, 0) is 43.5 Å². The van der Waals surface area contributed by atoms with Crippen molar-refractivity contribution in [3.63, 3.8) is 0 Å². The number of rotatable bonds is 13. The lowest BCUT2D eigenvalue weighted by atomic mass is 10.0. The molecule has 0 radical (unpaired) electrons. The number of benzene rings is 3. The summed E-state index contributed by atoms with van der Waals surface area (Å²) in [4.78, 5) is 28.8. The standard InChI is InChI=1S/C31H37N3O6S/c1-4-32-31(36)27(19-24-9-6-5-7-10-24)33(21-25-14-12-23(2)13-15-25)30(35)11-8-18-34(41(3,37)38)26-16-17-28-29(20-26)40-22-39-28/h5-7,9-10,12-17,20,27H,4,8,11,18-19,21-22H2,1-3H3,(H,32,36)/t27-/m1/s1. The molecule has 1 atom stereocenters. The van der Waals surface area contributed by atoms with Crippen molar-refractivity contribution in [1.82, 2.24) is 10.2 Å². The second-order valence-electron chi connectivity index (χ2n) is 10.1. The Bertz CT molecular complexity index is 1440. The van der Waals surface area contributed by atoms with Crippen LogP contribution in [0.4, 0.5) is 5.69 Å². The maximum atomic E-state index is 13.8. The highest BCUT2D eigenvalue weighted by Gasteiger charge is 2.30. The molecule has 10 heteroatoms. The summed E-state index contributed by atoms with van der Waals surface area (Å²) in [5.74, 6) is 0.577. The molecule has 0 unspecified atom stereocenters. The summed E-state index contributed by atoms with van der Waals surface area (Å²) in [5, 5.41) is 2.89. The van der Waals surface area contributed by atoms with Crippen molar-refractivity contribution < 1.29 is 27.5 Å². The van der Waals surface area contributed by atoms with Crippen LogP contribution in [0.2, 0.25) is 0 Å². The molecule has 1 heterocycles. The van der Waals surface area contributed by atoms with Gasteiger partial charge in [-0.2, -0.15) is 0 Å². The zero-order valence-corrected chi connectivity index (χ0v) is 24.5. The summed E-state index contributed by atoms with van der Waals surface area (Å²) in [6.07, 6.45) is 1.82. The molecule has 1 N–H and O–H groups in total. The summed E-state index contributed by atoms with van der Waals surface area (Å²) in [6.45, 7) is 4.71. The normalized spacial score (nSPS) is 13.0. The third-order valence-electron chi connectivity index (χ3n) is 6.89. The molecular weight excluding hydrogens is 542 g/mol. The predicted molar refractivity (Wildman–Crippen MR) is 158 cm³/mol. The lowest BCUT2D eigenvalue weighted by Crippen LogP contribution is -2.50. The van der Waals surface area contributed by atoms with E-state index in [1.54, 1.807) is 23.1 Å². The Morgan fingerprint density at radius 2 is 1.66 bits per heavy atom. The summed E-state index contributed by atoms with van der Waals surface area (Å²) in [6, 6.07) is 21.7. The minimum Gasteiger partial charge on any atom is -0.454 e. The van der Waals surface area contributed by atoms with E-state index in [-0.39, 0.29) is 44.5 Å². The smallest absolute Gasteiger partial charge is 0.243 e. The van der Waals surface area contributed by atoms with Gasteiger partial charge in [0, 0.05) is 38.5 Å². The average molecular weight is 580 g/mol. The van der Waals surface area contributed by atoms with Gasteiger partial charge in [-0.25, -0.2) is 8.42 Å². The molecular formula is C31H37N3O6S. The van der Waals surface area contributed by atoms with Crippen molar-refractivity contribution in [2.45, 2.75) is 45.7 Å². The molecule has 0 aromatic heterocycles. The van der Waals surface area contributed by atoms with E-state index in [0.717, 1.165) is 22.9 Å². The molecule has 3 aromatic rings. The first-order chi connectivity index (χ1) is 19.7. The molecule has 1 aliphatic heterocycles. The number of fused-ring (bicyclic) bond motifs is 1. The Kier molecular flexibility index (Phi) is 9.88. The molecule has 41 heavy (non-hydrogen) atoms. The second kappa shape index (κ2) is 13.5. The Morgan fingerprint density at radius 3 is 2.34 bits per heavy atom. The van der Waals surface area contributed by atoms with Crippen LogP contribution in [0.25, 0.3) is 0 Å². The van der Waals surface area contributed by atoms with Gasteiger partial charge in [-0.15, -0.1) is 0 Å². The predicted octanol–water partition coefficient (Wildman–Crippen LogP) is 4.05. The number of hydrogen-bond donors (Lipinski definition) is 1. The van der Waals surface area contributed by atoms with E-state index >= 15 is 0 Å².